The lowest BCUT2D eigenvalue weighted by Gasteiger charge is -2.47. The molecule has 8 atom stereocenters. The zero-order chi connectivity index (χ0) is 19.4. The molecule has 5 fully saturated rings. The van der Waals surface area contributed by atoms with Gasteiger partial charge >= 0.3 is 5.97 Å². The Labute approximate surface area is 165 Å². The number of hydrogen-bond donors (Lipinski definition) is 0. The molecule has 1 spiro atoms. The summed E-state index contributed by atoms with van der Waals surface area (Å²) in [6, 6.07) is 0.445. The summed E-state index contributed by atoms with van der Waals surface area (Å²) >= 11 is 0. The van der Waals surface area contributed by atoms with Gasteiger partial charge in [0.25, 0.3) is 0 Å². The lowest BCUT2D eigenvalue weighted by molar-refractivity contribution is -0.255. The van der Waals surface area contributed by atoms with Crippen molar-refractivity contribution in [2.45, 2.75) is 63.5 Å². The van der Waals surface area contributed by atoms with Crippen molar-refractivity contribution in [2.75, 3.05) is 13.7 Å². The number of carbonyl (C=O) groups is 1. The van der Waals surface area contributed by atoms with Gasteiger partial charge in [0.15, 0.2) is 5.76 Å². The number of allylic oxidation sites excluding steroid dienone is 2. The van der Waals surface area contributed by atoms with Crippen LogP contribution >= 0.6 is 0 Å². The molecule has 6 heteroatoms. The van der Waals surface area contributed by atoms with Gasteiger partial charge in [-0.05, 0) is 26.2 Å². The first-order chi connectivity index (χ1) is 13.5. The van der Waals surface area contributed by atoms with Crippen LogP contribution in [0.3, 0.4) is 0 Å². The maximum Gasteiger partial charge on any atom is 0.343 e. The molecular formula is C22H27NO5. The topological polar surface area (TPSA) is 57.2 Å². The molecule has 0 N–H and O–H groups in total. The molecule has 0 aliphatic carbocycles. The highest BCUT2D eigenvalue weighted by Crippen LogP contribution is 2.72. The van der Waals surface area contributed by atoms with Crippen molar-refractivity contribution in [1.82, 2.24) is 4.90 Å². The number of fused-ring (bicyclic) bond motifs is 1. The van der Waals surface area contributed by atoms with Crippen molar-refractivity contribution in [2.24, 2.45) is 17.8 Å². The maximum atomic E-state index is 12.2. The number of nitrogens with zero attached hydrogens (tertiary/aromatic N) is 1. The minimum atomic E-state index is -0.609. The smallest absolute Gasteiger partial charge is 0.343 e. The third kappa shape index (κ3) is 1.60. The summed E-state index contributed by atoms with van der Waals surface area (Å²) in [5.41, 5.74) is 0.467. The monoisotopic (exact) mass is 385 g/mol. The highest BCUT2D eigenvalue weighted by atomic mass is 16.7. The second kappa shape index (κ2) is 5.22. The molecule has 0 amide bonds. The normalized spacial score (nSPS) is 52.8. The lowest BCUT2D eigenvalue weighted by Crippen LogP contribution is -2.60. The number of cyclic esters (lactones) is 1. The fourth-order valence-corrected chi connectivity index (χ4v) is 7.22. The lowest BCUT2D eigenvalue weighted by atomic mass is 9.71. The molecule has 0 aromatic rings. The number of rotatable bonds is 3. The van der Waals surface area contributed by atoms with E-state index < -0.39 is 5.79 Å². The van der Waals surface area contributed by atoms with Crippen molar-refractivity contribution in [1.29, 1.82) is 0 Å². The molecule has 0 radical (unpaired) electrons. The molecule has 0 aromatic heterocycles. The molecule has 5 bridgehead atoms. The van der Waals surface area contributed by atoms with Crippen molar-refractivity contribution >= 4 is 5.97 Å². The second-order valence-corrected chi connectivity index (χ2v) is 9.02. The molecule has 6 heterocycles. The first-order valence-corrected chi connectivity index (χ1v) is 10.5. The van der Waals surface area contributed by atoms with Gasteiger partial charge in [0.2, 0.25) is 11.5 Å². The van der Waals surface area contributed by atoms with Crippen LogP contribution in [0.4, 0.5) is 0 Å². The predicted octanol–water partition coefficient (Wildman–Crippen LogP) is 2.87. The molecule has 5 saturated heterocycles. The van der Waals surface area contributed by atoms with Crippen LogP contribution < -0.4 is 0 Å². The van der Waals surface area contributed by atoms with Gasteiger partial charge in [-0.2, -0.15) is 0 Å². The summed E-state index contributed by atoms with van der Waals surface area (Å²) in [6.45, 7) is 7.21. The summed E-state index contributed by atoms with van der Waals surface area (Å²) in [4.78, 5) is 14.9. The minimum Gasteiger partial charge on any atom is -0.492 e. The van der Waals surface area contributed by atoms with Crippen molar-refractivity contribution < 1.29 is 23.7 Å². The van der Waals surface area contributed by atoms with Crippen molar-refractivity contribution in [3.63, 3.8) is 0 Å². The molecule has 6 aliphatic heterocycles. The predicted molar refractivity (Wildman–Crippen MR) is 99.6 cm³/mol. The molecule has 6 rings (SSSR count). The third-order valence-electron chi connectivity index (χ3n) is 8.10. The molecule has 150 valence electrons. The highest BCUT2D eigenvalue weighted by Gasteiger charge is 2.83. The van der Waals surface area contributed by atoms with Gasteiger partial charge in [-0.15, -0.1) is 0 Å². The van der Waals surface area contributed by atoms with Gasteiger partial charge in [0.05, 0.1) is 36.2 Å². The third-order valence-corrected chi connectivity index (χ3v) is 8.10. The van der Waals surface area contributed by atoms with Crippen molar-refractivity contribution in [3.05, 3.63) is 35.0 Å². The quantitative estimate of drug-likeness (QED) is 0.550. The van der Waals surface area contributed by atoms with Gasteiger partial charge in [0, 0.05) is 18.5 Å². The molecule has 0 saturated carbocycles. The second-order valence-electron chi connectivity index (χ2n) is 9.02. The van der Waals surface area contributed by atoms with E-state index in [1.807, 2.05) is 0 Å². The van der Waals surface area contributed by atoms with Crippen LogP contribution in [0, 0.1) is 17.8 Å². The Kier molecular flexibility index (Phi) is 3.19. The zero-order valence-corrected chi connectivity index (χ0v) is 16.9. The van der Waals surface area contributed by atoms with Crippen LogP contribution in [0.25, 0.3) is 0 Å². The Morgan fingerprint density at radius 3 is 2.96 bits per heavy atom. The minimum absolute atomic E-state index is 0.0286. The van der Waals surface area contributed by atoms with E-state index in [0.29, 0.717) is 29.1 Å². The molecular weight excluding hydrogens is 358 g/mol. The van der Waals surface area contributed by atoms with Gasteiger partial charge in [-0.3, -0.25) is 4.90 Å². The largest absolute Gasteiger partial charge is 0.492 e. The first kappa shape index (κ1) is 17.1. The van der Waals surface area contributed by atoms with Crippen LogP contribution in [0.1, 0.15) is 40.0 Å². The van der Waals surface area contributed by atoms with Gasteiger partial charge < -0.3 is 18.9 Å². The SMILES string of the molecule is CC/C=C/[C@@]12[C@@H]3C[C@H]4[C@H]5[C@H](C)/C(=C6/OC(=O)C(C)=C6OC)O[C@]5(O3)[C@H]1CCN42. The first-order valence-electron chi connectivity index (χ1n) is 10.5. The average Bonchev–Trinajstić information content (AvgIpc) is 3.38. The van der Waals surface area contributed by atoms with Gasteiger partial charge in [-0.25, -0.2) is 4.79 Å². The number of carbonyl (C=O) groups excluding carboxylic acids is 1. The van der Waals surface area contributed by atoms with E-state index in [0.717, 1.165) is 31.6 Å². The summed E-state index contributed by atoms with van der Waals surface area (Å²) in [5.74, 6) is 1.38. The summed E-state index contributed by atoms with van der Waals surface area (Å²) in [7, 11) is 1.57. The summed E-state index contributed by atoms with van der Waals surface area (Å²) < 4.78 is 24.5. The molecule has 28 heavy (non-hydrogen) atoms. The highest BCUT2D eigenvalue weighted by molar-refractivity contribution is 5.93. The van der Waals surface area contributed by atoms with E-state index in [9.17, 15) is 4.79 Å². The Morgan fingerprint density at radius 1 is 1.39 bits per heavy atom. The van der Waals surface area contributed by atoms with E-state index in [1.165, 1.54) is 0 Å². The van der Waals surface area contributed by atoms with E-state index >= 15 is 0 Å². The van der Waals surface area contributed by atoms with Crippen LogP contribution in [0.2, 0.25) is 0 Å². The van der Waals surface area contributed by atoms with E-state index in [-0.39, 0.29) is 29.4 Å². The summed E-state index contributed by atoms with van der Waals surface area (Å²) in [6.07, 6.45) is 8.04. The zero-order valence-electron chi connectivity index (χ0n) is 16.9. The van der Waals surface area contributed by atoms with Crippen molar-refractivity contribution in [3.8, 4) is 0 Å². The number of ether oxygens (including phenoxy) is 4. The maximum absolute atomic E-state index is 12.2. The Bertz CT molecular complexity index is 874. The fourth-order valence-electron chi connectivity index (χ4n) is 7.22. The van der Waals surface area contributed by atoms with Gasteiger partial charge in [-0.1, -0.05) is 26.0 Å². The van der Waals surface area contributed by atoms with E-state index in [4.69, 9.17) is 18.9 Å². The average molecular weight is 385 g/mol. The van der Waals surface area contributed by atoms with Crippen LogP contribution in [-0.2, 0) is 23.7 Å². The molecule has 0 aromatic carbocycles. The number of hydrogen-bond acceptors (Lipinski definition) is 6. The van der Waals surface area contributed by atoms with E-state index in [2.05, 4.69) is 30.9 Å². The Balaban J connectivity index is 1.49. The molecule has 1 unspecified atom stereocenters. The summed E-state index contributed by atoms with van der Waals surface area (Å²) in [5, 5.41) is 0. The van der Waals surface area contributed by atoms with E-state index in [1.54, 1.807) is 14.0 Å². The molecule has 6 aliphatic rings. The number of esters is 1. The van der Waals surface area contributed by atoms with Crippen LogP contribution in [-0.4, -0.2) is 48.0 Å². The van der Waals surface area contributed by atoms with Gasteiger partial charge in [0.1, 0.15) is 5.76 Å². The Morgan fingerprint density at radius 2 is 2.21 bits per heavy atom. The van der Waals surface area contributed by atoms with Crippen LogP contribution in [0.5, 0.6) is 0 Å². The number of methoxy groups -OCH3 is 1. The standard InChI is InChI=1S/C22H27NO5/c1-5-6-8-21-14-7-9-23(21)13-10-15(21)27-22(14)16(13)11(2)18(28-22)19-17(25-4)12(3)20(24)26-19/h6,8,11,13-16H,5,7,9-10H2,1-4H3/b8-6+,19-18-/t11-,13-,14-,15-,16+,21-,22+/m0/s1. The number of piperidine rings is 1. The fraction of sp³-hybridized carbons (Fsp3) is 0.682. The Hall–Kier alpha value is -1.79. The molecule has 6 nitrogen and oxygen atoms in total. The van der Waals surface area contributed by atoms with Crippen LogP contribution in [0.15, 0.2) is 35.0 Å².